The molecule has 2 N–H and O–H groups in total. The number of aryl methyl sites for hydroxylation is 1. The summed E-state index contributed by atoms with van der Waals surface area (Å²) in [5.74, 6) is 0.0517. The summed E-state index contributed by atoms with van der Waals surface area (Å²) in [6, 6.07) is 16.6. The third-order valence-corrected chi connectivity index (χ3v) is 3.10. The molecule has 0 heterocycles. The minimum absolute atomic E-state index is 0.127. The highest BCUT2D eigenvalue weighted by Crippen LogP contribution is 2.11. The Morgan fingerprint density at radius 1 is 1.14 bits per heavy atom. The van der Waals surface area contributed by atoms with Crippen LogP contribution >= 0.6 is 0 Å². The number of carbonyl (C=O) groups excluding carboxylic acids is 1. The van der Waals surface area contributed by atoms with Crippen molar-refractivity contribution in [1.29, 1.82) is 0 Å². The molecule has 0 aliphatic rings. The standard InChI is InChI=1S/C17H18N2O2/c1-13(15-8-5-9-16(20)12-15)18-19-17(21)11-10-14-6-3-2-4-7-14/h2-9,12,20H,10-11H2,1H3,(H,19,21)/b18-13+. The Morgan fingerprint density at radius 2 is 1.90 bits per heavy atom. The fourth-order valence-electron chi connectivity index (χ4n) is 1.90. The second-order valence-corrected chi connectivity index (χ2v) is 4.77. The molecule has 0 aliphatic carbocycles. The van der Waals surface area contributed by atoms with Gasteiger partial charge in [0.1, 0.15) is 5.75 Å². The number of carbonyl (C=O) groups is 1. The minimum Gasteiger partial charge on any atom is -0.508 e. The summed E-state index contributed by atoms with van der Waals surface area (Å²) in [7, 11) is 0. The van der Waals surface area contributed by atoms with E-state index >= 15 is 0 Å². The van der Waals surface area contributed by atoms with Gasteiger partial charge in [-0.1, -0.05) is 42.5 Å². The number of benzene rings is 2. The monoisotopic (exact) mass is 282 g/mol. The lowest BCUT2D eigenvalue weighted by molar-refractivity contribution is -0.121. The predicted octanol–water partition coefficient (Wildman–Crippen LogP) is 2.87. The Kier molecular flexibility index (Phi) is 5.10. The van der Waals surface area contributed by atoms with Crippen LogP contribution in [0.3, 0.4) is 0 Å². The first-order valence-electron chi connectivity index (χ1n) is 6.81. The Bertz CT molecular complexity index is 636. The first-order chi connectivity index (χ1) is 10.1. The second kappa shape index (κ2) is 7.24. The van der Waals surface area contributed by atoms with Gasteiger partial charge in [0.15, 0.2) is 0 Å². The molecule has 0 bridgehead atoms. The molecule has 1 amide bonds. The molecule has 0 unspecified atom stereocenters. The normalized spacial score (nSPS) is 11.2. The predicted molar refractivity (Wildman–Crippen MR) is 83.2 cm³/mol. The van der Waals surface area contributed by atoms with Gasteiger partial charge in [-0.2, -0.15) is 5.10 Å². The van der Waals surface area contributed by atoms with Crippen molar-refractivity contribution in [3.8, 4) is 5.75 Å². The van der Waals surface area contributed by atoms with Crippen LogP contribution in [0.2, 0.25) is 0 Å². The number of nitrogens with zero attached hydrogens (tertiary/aromatic N) is 1. The molecule has 0 saturated carbocycles. The Balaban J connectivity index is 1.87. The molecular weight excluding hydrogens is 264 g/mol. The van der Waals surface area contributed by atoms with Crippen LogP contribution in [0.5, 0.6) is 5.75 Å². The number of aromatic hydroxyl groups is 1. The summed E-state index contributed by atoms with van der Waals surface area (Å²) in [4.78, 5) is 11.8. The number of rotatable bonds is 5. The van der Waals surface area contributed by atoms with Gasteiger partial charge < -0.3 is 5.11 Å². The molecule has 0 saturated heterocycles. The van der Waals surface area contributed by atoms with Crippen molar-refractivity contribution in [1.82, 2.24) is 5.43 Å². The summed E-state index contributed by atoms with van der Waals surface area (Å²) in [6.07, 6.45) is 1.08. The summed E-state index contributed by atoms with van der Waals surface area (Å²) in [5, 5.41) is 13.5. The molecular formula is C17H18N2O2. The van der Waals surface area contributed by atoms with Crippen molar-refractivity contribution < 1.29 is 9.90 Å². The van der Waals surface area contributed by atoms with Gasteiger partial charge in [-0.05, 0) is 31.0 Å². The summed E-state index contributed by atoms with van der Waals surface area (Å²) < 4.78 is 0. The molecule has 4 heteroatoms. The van der Waals surface area contributed by atoms with E-state index in [4.69, 9.17) is 0 Å². The first kappa shape index (κ1) is 14.8. The van der Waals surface area contributed by atoms with E-state index in [1.807, 2.05) is 36.4 Å². The minimum atomic E-state index is -0.127. The largest absolute Gasteiger partial charge is 0.508 e. The van der Waals surface area contributed by atoms with E-state index in [9.17, 15) is 9.90 Å². The molecule has 0 fully saturated rings. The van der Waals surface area contributed by atoms with Gasteiger partial charge in [0.05, 0.1) is 5.71 Å². The number of hydrogen-bond donors (Lipinski definition) is 2. The molecule has 2 aromatic rings. The van der Waals surface area contributed by atoms with Crippen molar-refractivity contribution in [3.05, 3.63) is 65.7 Å². The lowest BCUT2D eigenvalue weighted by Gasteiger charge is -2.04. The fourth-order valence-corrected chi connectivity index (χ4v) is 1.90. The number of hydrazone groups is 1. The van der Waals surface area contributed by atoms with Crippen LogP contribution in [-0.4, -0.2) is 16.7 Å². The highest BCUT2D eigenvalue weighted by molar-refractivity contribution is 5.99. The van der Waals surface area contributed by atoms with Crippen LogP contribution in [0, 0.1) is 0 Å². The molecule has 2 rings (SSSR count). The molecule has 0 spiro atoms. The van der Waals surface area contributed by atoms with Gasteiger partial charge in [-0.15, -0.1) is 0 Å². The van der Waals surface area contributed by atoms with Crippen molar-refractivity contribution in [2.75, 3.05) is 0 Å². The van der Waals surface area contributed by atoms with Gasteiger partial charge in [0.2, 0.25) is 5.91 Å². The van der Waals surface area contributed by atoms with Crippen LogP contribution < -0.4 is 5.43 Å². The van der Waals surface area contributed by atoms with Gasteiger partial charge in [-0.3, -0.25) is 4.79 Å². The lowest BCUT2D eigenvalue weighted by atomic mass is 10.1. The number of amides is 1. The molecule has 0 radical (unpaired) electrons. The maximum atomic E-state index is 11.8. The molecule has 0 atom stereocenters. The van der Waals surface area contributed by atoms with E-state index in [0.717, 1.165) is 11.1 Å². The zero-order valence-corrected chi connectivity index (χ0v) is 11.9. The van der Waals surface area contributed by atoms with Gasteiger partial charge in [0, 0.05) is 12.0 Å². The molecule has 2 aromatic carbocycles. The maximum Gasteiger partial charge on any atom is 0.240 e. The van der Waals surface area contributed by atoms with Crippen molar-refractivity contribution in [3.63, 3.8) is 0 Å². The quantitative estimate of drug-likeness (QED) is 0.654. The summed E-state index contributed by atoms with van der Waals surface area (Å²) >= 11 is 0. The van der Waals surface area contributed by atoms with E-state index in [-0.39, 0.29) is 11.7 Å². The number of phenolic OH excluding ortho intramolecular Hbond substituents is 1. The zero-order chi connectivity index (χ0) is 15.1. The highest BCUT2D eigenvalue weighted by atomic mass is 16.3. The maximum absolute atomic E-state index is 11.8. The molecule has 108 valence electrons. The van der Waals surface area contributed by atoms with Gasteiger partial charge in [0.25, 0.3) is 0 Å². The third kappa shape index (κ3) is 4.76. The van der Waals surface area contributed by atoms with E-state index < -0.39 is 0 Å². The van der Waals surface area contributed by atoms with E-state index in [1.165, 1.54) is 0 Å². The average Bonchev–Trinajstić information content (AvgIpc) is 2.51. The van der Waals surface area contributed by atoms with Crippen LogP contribution in [0.4, 0.5) is 0 Å². The Morgan fingerprint density at radius 3 is 2.62 bits per heavy atom. The zero-order valence-electron chi connectivity index (χ0n) is 11.9. The van der Waals surface area contributed by atoms with Gasteiger partial charge in [-0.25, -0.2) is 5.43 Å². The lowest BCUT2D eigenvalue weighted by Crippen LogP contribution is -2.19. The van der Waals surface area contributed by atoms with E-state index in [2.05, 4.69) is 10.5 Å². The smallest absolute Gasteiger partial charge is 0.240 e. The van der Waals surface area contributed by atoms with Crippen molar-refractivity contribution in [2.24, 2.45) is 5.10 Å². The van der Waals surface area contributed by atoms with Crippen molar-refractivity contribution >= 4 is 11.6 Å². The van der Waals surface area contributed by atoms with E-state index in [1.54, 1.807) is 25.1 Å². The Labute approximate surface area is 124 Å². The topological polar surface area (TPSA) is 61.7 Å². The highest BCUT2D eigenvalue weighted by Gasteiger charge is 2.03. The first-order valence-corrected chi connectivity index (χ1v) is 6.81. The van der Waals surface area contributed by atoms with E-state index in [0.29, 0.717) is 18.6 Å². The van der Waals surface area contributed by atoms with Crippen molar-refractivity contribution in [2.45, 2.75) is 19.8 Å². The number of hydrogen-bond acceptors (Lipinski definition) is 3. The van der Waals surface area contributed by atoms with Crippen LogP contribution in [0.1, 0.15) is 24.5 Å². The molecule has 4 nitrogen and oxygen atoms in total. The van der Waals surface area contributed by atoms with Crippen LogP contribution in [0.25, 0.3) is 0 Å². The Hall–Kier alpha value is -2.62. The third-order valence-electron chi connectivity index (χ3n) is 3.10. The second-order valence-electron chi connectivity index (χ2n) is 4.77. The summed E-state index contributed by atoms with van der Waals surface area (Å²) in [5.41, 5.74) is 5.09. The molecule has 0 aromatic heterocycles. The summed E-state index contributed by atoms with van der Waals surface area (Å²) in [6.45, 7) is 1.78. The number of phenols is 1. The number of nitrogens with one attached hydrogen (secondary N) is 1. The average molecular weight is 282 g/mol. The fraction of sp³-hybridized carbons (Fsp3) is 0.176. The van der Waals surface area contributed by atoms with Crippen LogP contribution in [-0.2, 0) is 11.2 Å². The molecule has 0 aliphatic heterocycles. The van der Waals surface area contributed by atoms with Crippen LogP contribution in [0.15, 0.2) is 59.7 Å². The SMILES string of the molecule is C/C(=N\NC(=O)CCc1ccccc1)c1cccc(O)c1. The molecule has 21 heavy (non-hydrogen) atoms. The van der Waals surface area contributed by atoms with Gasteiger partial charge >= 0.3 is 0 Å².